The lowest BCUT2D eigenvalue weighted by Crippen LogP contribution is -2.18. The smallest absolute Gasteiger partial charge is 0.380 e. The molecule has 1 aliphatic rings. The summed E-state index contributed by atoms with van der Waals surface area (Å²) >= 11 is 1.12. The van der Waals surface area contributed by atoms with Crippen molar-refractivity contribution in [2.75, 3.05) is 6.61 Å². The van der Waals surface area contributed by atoms with E-state index in [-0.39, 0.29) is 11.5 Å². The van der Waals surface area contributed by atoms with Crippen LogP contribution in [0.3, 0.4) is 0 Å². The van der Waals surface area contributed by atoms with Crippen molar-refractivity contribution in [3.05, 3.63) is 10.3 Å². The van der Waals surface area contributed by atoms with Crippen molar-refractivity contribution < 1.29 is 23.8 Å². The third kappa shape index (κ3) is 1.76. The molecule has 0 aromatic carbocycles. The van der Waals surface area contributed by atoms with Crippen molar-refractivity contribution in [2.24, 2.45) is 0 Å². The number of ketones is 1. The fourth-order valence-corrected chi connectivity index (χ4v) is 2.17. The Morgan fingerprint density at radius 3 is 2.94 bits per heavy atom. The number of ether oxygens (including phenoxy) is 3. The Hall–Kier alpha value is -1.56. The van der Waals surface area contributed by atoms with E-state index in [4.69, 9.17) is 9.47 Å². The first-order valence-corrected chi connectivity index (χ1v) is 5.67. The Morgan fingerprint density at radius 2 is 2.25 bits per heavy atom. The van der Waals surface area contributed by atoms with E-state index in [2.05, 4.69) is 4.74 Å². The number of hydrogen-bond donors (Lipinski definition) is 0. The predicted octanol–water partition coefficient (Wildman–Crippen LogP) is 1.61. The highest BCUT2D eigenvalue weighted by Gasteiger charge is 2.32. The minimum absolute atomic E-state index is 0.173. The number of hydrogen-bond acceptors (Lipinski definition) is 6. The van der Waals surface area contributed by atoms with Crippen LogP contribution in [0.1, 0.15) is 23.5 Å². The molecule has 1 atom stereocenters. The lowest BCUT2D eigenvalue weighted by atomic mass is 10.3. The minimum Gasteiger partial charge on any atom is -0.460 e. The minimum atomic E-state index is -0.865. The Labute approximate surface area is 95.9 Å². The maximum atomic E-state index is 11.7. The fourth-order valence-electron chi connectivity index (χ4n) is 1.34. The molecule has 0 fully saturated rings. The third-order valence-corrected chi connectivity index (χ3v) is 2.90. The summed E-state index contributed by atoms with van der Waals surface area (Å²) in [6, 6.07) is 0. The van der Waals surface area contributed by atoms with Gasteiger partial charge in [0.1, 0.15) is 4.88 Å². The topological polar surface area (TPSA) is 61.8 Å². The highest BCUT2D eigenvalue weighted by molar-refractivity contribution is 7.13. The van der Waals surface area contributed by atoms with Gasteiger partial charge in [-0.1, -0.05) is 0 Å². The number of rotatable bonds is 3. The molecular formula is C10H10O5S. The van der Waals surface area contributed by atoms with Gasteiger partial charge in [0.2, 0.25) is 6.29 Å². The van der Waals surface area contributed by atoms with Crippen molar-refractivity contribution in [3.63, 3.8) is 0 Å². The van der Waals surface area contributed by atoms with E-state index in [1.165, 1.54) is 0 Å². The molecule has 0 amide bonds. The van der Waals surface area contributed by atoms with Gasteiger partial charge in [0.15, 0.2) is 11.5 Å². The zero-order chi connectivity index (χ0) is 11.7. The van der Waals surface area contributed by atoms with Crippen molar-refractivity contribution in [1.29, 1.82) is 0 Å². The van der Waals surface area contributed by atoms with E-state index in [0.717, 1.165) is 11.3 Å². The maximum absolute atomic E-state index is 11.7. The summed E-state index contributed by atoms with van der Waals surface area (Å²) in [6.07, 6.45) is -0.424. The van der Waals surface area contributed by atoms with Crippen molar-refractivity contribution in [3.8, 4) is 11.5 Å². The van der Waals surface area contributed by atoms with Gasteiger partial charge in [0, 0.05) is 12.3 Å². The van der Waals surface area contributed by atoms with Crippen molar-refractivity contribution in [1.82, 2.24) is 0 Å². The highest BCUT2D eigenvalue weighted by atomic mass is 32.1. The summed E-state index contributed by atoms with van der Waals surface area (Å²) in [4.78, 5) is 23.2. The second-order valence-corrected chi connectivity index (χ2v) is 3.99. The lowest BCUT2D eigenvalue weighted by Gasteiger charge is -2.03. The van der Waals surface area contributed by atoms with Crippen molar-refractivity contribution in [2.45, 2.75) is 20.1 Å². The van der Waals surface area contributed by atoms with Gasteiger partial charge in [-0.05, 0) is 6.92 Å². The van der Waals surface area contributed by atoms with E-state index in [0.29, 0.717) is 11.5 Å². The van der Waals surface area contributed by atoms with Crippen LogP contribution in [0.2, 0.25) is 0 Å². The van der Waals surface area contributed by atoms with Gasteiger partial charge in [-0.15, -0.1) is 11.3 Å². The second kappa shape index (κ2) is 4.13. The molecule has 1 aromatic heterocycles. The summed E-state index contributed by atoms with van der Waals surface area (Å²) in [6.45, 7) is 3.53. The van der Waals surface area contributed by atoms with Gasteiger partial charge in [-0.3, -0.25) is 4.79 Å². The molecule has 0 radical (unpaired) electrons. The Morgan fingerprint density at radius 1 is 1.50 bits per heavy atom. The van der Waals surface area contributed by atoms with Crippen LogP contribution in [0.25, 0.3) is 0 Å². The van der Waals surface area contributed by atoms with Crippen LogP contribution in [0.15, 0.2) is 5.38 Å². The SMILES string of the molecule is CCOC(=O)C(=O)c1scc2c1OC(C)O2. The zero-order valence-corrected chi connectivity index (χ0v) is 9.63. The van der Waals surface area contributed by atoms with Crippen LogP contribution in [0.5, 0.6) is 11.5 Å². The second-order valence-electron chi connectivity index (χ2n) is 3.11. The van der Waals surface area contributed by atoms with Gasteiger partial charge < -0.3 is 14.2 Å². The van der Waals surface area contributed by atoms with Crippen LogP contribution in [0, 0.1) is 0 Å². The quantitative estimate of drug-likeness (QED) is 0.458. The molecule has 0 N–H and O–H groups in total. The lowest BCUT2D eigenvalue weighted by molar-refractivity contribution is -0.137. The van der Waals surface area contributed by atoms with Crippen LogP contribution < -0.4 is 9.47 Å². The third-order valence-electron chi connectivity index (χ3n) is 1.96. The first kappa shape index (κ1) is 10.9. The number of carbonyl (C=O) groups is 2. The molecule has 16 heavy (non-hydrogen) atoms. The number of esters is 1. The normalized spacial score (nSPS) is 17.2. The molecule has 0 aliphatic carbocycles. The van der Waals surface area contributed by atoms with Crippen LogP contribution in [-0.2, 0) is 9.53 Å². The molecule has 5 nitrogen and oxygen atoms in total. The largest absolute Gasteiger partial charge is 0.460 e. The summed E-state index contributed by atoms with van der Waals surface area (Å²) in [5.74, 6) is -0.707. The van der Waals surface area contributed by atoms with E-state index < -0.39 is 18.0 Å². The van der Waals surface area contributed by atoms with Crippen LogP contribution in [-0.4, -0.2) is 24.6 Å². The molecule has 2 rings (SSSR count). The molecule has 86 valence electrons. The first-order valence-electron chi connectivity index (χ1n) is 4.79. The first-order chi connectivity index (χ1) is 7.63. The Balaban J connectivity index is 2.23. The van der Waals surface area contributed by atoms with Gasteiger partial charge >= 0.3 is 5.97 Å². The molecule has 1 unspecified atom stereocenters. The number of Topliss-reactive ketones (excluding diaryl/α,β-unsaturated/α-hetero) is 1. The zero-order valence-electron chi connectivity index (χ0n) is 8.81. The number of fused-ring (bicyclic) bond motifs is 1. The summed E-state index contributed by atoms with van der Waals surface area (Å²) in [7, 11) is 0. The standard InChI is InChI=1S/C10H10O5S/c1-3-13-10(12)7(11)9-8-6(4-16-9)14-5(2)15-8/h4-5H,3H2,1-2H3. The van der Waals surface area contributed by atoms with E-state index in [1.807, 2.05) is 0 Å². The molecule has 0 spiro atoms. The van der Waals surface area contributed by atoms with Gasteiger partial charge in [-0.2, -0.15) is 0 Å². The van der Waals surface area contributed by atoms with Crippen molar-refractivity contribution >= 4 is 23.1 Å². The summed E-state index contributed by atoms with van der Waals surface area (Å²) in [5, 5.41) is 1.64. The highest BCUT2D eigenvalue weighted by Crippen LogP contribution is 2.42. The Kier molecular flexibility index (Phi) is 2.82. The molecule has 2 heterocycles. The Bertz CT molecular complexity index is 436. The molecule has 0 saturated carbocycles. The van der Waals surface area contributed by atoms with Gasteiger partial charge in [-0.25, -0.2) is 4.79 Å². The number of thiophene rings is 1. The average Bonchev–Trinajstić information content (AvgIpc) is 2.75. The summed E-state index contributed by atoms with van der Waals surface area (Å²) in [5.41, 5.74) is 0. The van der Waals surface area contributed by atoms with E-state index in [9.17, 15) is 9.59 Å². The summed E-state index contributed by atoms with van der Waals surface area (Å²) < 4.78 is 15.2. The van der Waals surface area contributed by atoms with Gasteiger partial charge in [0.05, 0.1) is 6.61 Å². The molecule has 1 aromatic rings. The number of carbonyl (C=O) groups excluding carboxylic acids is 2. The van der Waals surface area contributed by atoms with Crippen LogP contribution in [0.4, 0.5) is 0 Å². The predicted molar refractivity (Wildman–Crippen MR) is 56.0 cm³/mol. The molecule has 1 aliphatic heterocycles. The average molecular weight is 242 g/mol. The van der Waals surface area contributed by atoms with E-state index in [1.54, 1.807) is 19.2 Å². The van der Waals surface area contributed by atoms with Gasteiger partial charge in [0.25, 0.3) is 5.78 Å². The molecule has 0 saturated heterocycles. The van der Waals surface area contributed by atoms with E-state index >= 15 is 0 Å². The molecule has 0 bridgehead atoms. The fraction of sp³-hybridized carbons (Fsp3) is 0.400. The maximum Gasteiger partial charge on any atom is 0.380 e. The molecular weight excluding hydrogens is 232 g/mol. The molecule has 6 heteroatoms. The van der Waals surface area contributed by atoms with Crippen LogP contribution >= 0.6 is 11.3 Å². The monoisotopic (exact) mass is 242 g/mol.